The Morgan fingerprint density at radius 3 is 2.81 bits per heavy atom. The number of likely N-dealkylation sites (tertiary alicyclic amines) is 1. The van der Waals surface area contributed by atoms with Crippen LogP contribution in [0, 0.1) is 19.3 Å². The molecule has 0 aromatic heterocycles. The topological polar surface area (TPSA) is 40.5 Å². The predicted octanol–water partition coefficient (Wildman–Crippen LogP) is 3.77. The lowest BCUT2D eigenvalue weighted by Gasteiger charge is -2.40. The van der Waals surface area contributed by atoms with Crippen LogP contribution >= 0.6 is 0 Å². The summed E-state index contributed by atoms with van der Waals surface area (Å²) in [5.74, 6) is -0.616. The fraction of sp³-hybridized carbons (Fsp3) is 0.611. The van der Waals surface area contributed by atoms with Crippen molar-refractivity contribution in [1.29, 1.82) is 0 Å². The zero-order valence-electron chi connectivity index (χ0n) is 13.5. The summed E-state index contributed by atoms with van der Waals surface area (Å²) in [5, 5.41) is 9.68. The molecule has 3 nitrogen and oxygen atoms in total. The van der Waals surface area contributed by atoms with Gasteiger partial charge >= 0.3 is 5.97 Å². The van der Waals surface area contributed by atoms with E-state index < -0.39 is 11.4 Å². The van der Waals surface area contributed by atoms with Crippen molar-refractivity contribution in [2.24, 2.45) is 5.41 Å². The molecule has 116 valence electrons. The molecule has 0 spiro atoms. The summed E-state index contributed by atoms with van der Waals surface area (Å²) in [7, 11) is 0. The highest BCUT2D eigenvalue weighted by molar-refractivity contribution is 5.75. The van der Waals surface area contributed by atoms with Gasteiger partial charge in [0.1, 0.15) is 0 Å². The number of rotatable bonds is 5. The van der Waals surface area contributed by atoms with Crippen LogP contribution in [0.2, 0.25) is 0 Å². The molecule has 1 aliphatic heterocycles. The summed E-state index contributed by atoms with van der Waals surface area (Å²) >= 11 is 0. The Bertz CT molecular complexity index is 508. The Labute approximate surface area is 128 Å². The standard InChI is InChI=1S/C18H27NO2/c1-4-9-18(17(20)21)10-6-11-19(13-18)12-16-8-5-7-14(2)15(16)3/h5,7-8H,4,6,9-13H2,1-3H3,(H,20,21). The highest BCUT2D eigenvalue weighted by Crippen LogP contribution is 2.35. The highest BCUT2D eigenvalue weighted by atomic mass is 16.4. The zero-order valence-corrected chi connectivity index (χ0v) is 13.5. The van der Waals surface area contributed by atoms with Gasteiger partial charge in [-0.25, -0.2) is 0 Å². The van der Waals surface area contributed by atoms with E-state index in [-0.39, 0.29) is 0 Å². The third kappa shape index (κ3) is 3.46. The smallest absolute Gasteiger partial charge is 0.310 e. The van der Waals surface area contributed by atoms with E-state index in [1.165, 1.54) is 16.7 Å². The van der Waals surface area contributed by atoms with Gasteiger partial charge in [-0.2, -0.15) is 0 Å². The number of hydrogen-bond donors (Lipinski definition) is 1. The number of hydrogen-bond acceptors (Lipinski definition) is 2. The van der Waals surface area contributed by atoms with Crippen LogP contribution in [-0.2, 0) is 11.3 Å². The van der Waals surface area contributed by atoms with E-state index in [9.17, 15) is 9.90 Å². The number of carboxylic acids is 1. The SMILES string of the molecule is CCCC1(C(=O)O)CCCN(Cc2cccc(C)c2C)C1. The first-order valence-electron chi connectivity index (χ1n) is 7.99. The van der Waals surface area contributed by atoms with Crippen LogP contribution in [-0.4, -0.2) is 29.1 Å². The Hall–Kier alpha value is -1.35. The van der Waals surface area contributed by atoms with Gasteiger partial charge in [0, 0.05) is 13.1 Å². The molecule has 0 amide bonds. The van der Waals surface area contributed by atoms with Crippen molar-refractivity contribution in [1.82, 2.24) is 4.90 Å². The number of aryl methyl sites for hydroxylation is 1. The summed E-state index contributed by atoms with van der Waals surface area (Å²) in [4.78, 5) is 14.1. The van der Waals surface area contributed by atoms with Gasteiger partial charge in [-0.15, -0.1) is 0 Å². The van der Waals surface area contributed by atoms with Gasteiger partial charge in [-0.05, 0) is 56.3 Å². The normalized spacial score (nSPS) is 23.2. The number of aliphatic carboxylic acids is 1. The molecule has 21 heavy (non-hydrogen) atoms. The summed E-state index contributed by atoms with van der Waals surface area (Å²) in [6.07, 6.45) is 3.52. The molecule has 2 rings (SSSR count). The maximum Gasteiger partial charge on any atom is 0.310 e. The van der Waals surface area contributed by atoms with Crippen LogP contribution in [0.15, 0.2) is 18.2 Å². The molecule has 1 fully saturated rings. The van der Waals surface area contributed by atoms with Crippen molar-refractivity contribution in [3.63, 3.8) is 0 Å². The third-order valence-corrected chi connectivity index (χ3v) is 4.95. The van der Waals surface area contributed by atoms with Crippen molar-refractivity contribution in [2.45, 2.75) is 53.0 Å². The Balaban J connectivity index is 2.14. The number of carbonyl (C=O) groups is 1. The number of nitrogens with zero attached hydrogens (tertiary/aromatic N) is 1. The van der Waals surface area contributed by atoms with Gasteiger partial charge < -0.3 is 5.11 Å². The van der Waals surface area contributed by atoms with Crippen LogP contribution in [0.5, 0.6) is 0 Å². The van der Waals surface area contributed by atoms with E-state index in [0.717, 1.165) is 38.8 Å². The van der Waals surface area contributed by atoms with Crippen molar-refractivity contribution < 1.29 is 9.90 Å². The molecular formula is C18H27NO2. The van der Waals surface area contributed by atoms with Gasteiger partial charge in [0.05, 0.1) is 5.41 Å². The van der Waals surface area contributed by atoms with Gasteiger partial charge in [0.15, 0.2) is 0 Å². The lowest BCUT2D eigenvalue weighted by atomic mass is 9.76. The summed E-state index contributed by atoms with van der Waals surface area (Å²) < 4.78 is 0. The van der Waals surface area contributed by atoms with Crippen molar-refractivity contribution in [2.75, 3.05) is 13.1 Å². The lowest BCUT2D eigenvalue weighted by Crippen LogP contribution is -2.47. The van der Waals surface area contributed by atoms with E-state index >= 15 is 0 Å². The van der Waals surface area contributed by atoms with Crippen LogP contribution < -0.4 is 0 Å². The van der Waals surface area contributed by atoms with Gasteiger partial charge in [0.25, 0.3) is 0 Å². The van der Waals surface area contributed by atoms with Crippen LogP contribution in [0.3, 0.4) is 0 Å². The molecule has 1 aromatic carbocycles. The van der Waals surface area contributed by atoms with Gasteiger partial charge in [-0.1, -0.05) is 31.5 Å². The van der Waals surface area contributed by atoms with Crippen molar-refractivity contribution in [3.05, 3.63) is 34.9 Å². The maximum atomic E-state index is 11.8. The molecule has 1 heterocycles. The molecule has 0 bridgehead atoms. The average Bonchev–Trinajstić information content (AvgIpc) is 2.44. The molecular weight excluding hydrogens is 262 g/mol. The second-order valence-electron chi connectivity index (χ2n) is 6.51. The number of piperidine rings is 1. The van der Waals surface area contributed by atoms with Crippen molar-refractivity contribution in [3.8, 4) is 0 Å². The molecule has 0 saturated carbocycles. The van der Waals surface area contributed by atoms with E-state index in [4.69, 9.17) is 0 Å². The fourth-order valence-corrected chi connectivity index (χ4v) is 3.55. The van der Waals surface area contributed by atoms with E-state index in [0.29, 0.717) is 6.54 Å². The second-order valence-corrected chi connectivity index (χ2v) is 6.51. The maximum absolute atomic E-state index is 11.8. The first kappa shape index (κ1) is 16.0. The molecule has 1 atom stereocenters. The molecule has 1 unspecified atom stereocenters. The van der Waals surface area contributed by atoms with E-state index in [1.807, 2.05) is 0 Å². The van der Waals surface area contributed by atoms with Gasteiger partial charge in [0.2, 0.25) is 0 Å². The van der Waals surface area contributed by atoms with Crippen LogP contribution in [0.4, 0.5) is 0 Å². The molecule has 0 radical (unpaired) electrons. The first-order chi connectivity index (χ1) is 9.98. The highest BCUT2D eigenvalue weighted by Gasteiger charge is 2.41. The van der Waals surface area contributed by atoms with Gasteiger partial charge in [-0.3, -0.25) is 9.69 Å². The molecule has 3 heteroatoms. The minimum atomic E-state index is -0.616. The quantitative estimate of drug-likeness (QED) is 0.897. The zero-order chi connectivity index (χ0) is 15.5. The monoisotopic (exact) mass is 289 g/mol. The average molecular weight is 289 g/mol. The Morgan fingerprint density at radius 2 is 2.14 bits per heavy atom. The van der Waals surface area contributed by atoms with Crippen LogP contribution in [0.1, 0.15) is 49.3 Å². The lowest BCUT2D eigenvalue weighted by molar-refractivity contribution is -0.153. The summed E-state index contributed by atoms with van der Waals surface area (Å²) in [5.41, 5.74) is 3.43. The number of carboxylic acid groups (broad SMARTS) is 1. The summed E-state index contributed by atoms with van der Waals surface area (Å²) in [6.45, 7) is 8.93. The molecule has 1 N–H and O–H groups in total. The summed E-state index contributed by atoms with van der Waals surface area (Å²) in [6, 6.07) is 6.39. The number of benzene rings is 1. The molecule has 1 saturated heterocycles. The van der Waals surface area contributed by atoms with Crippen LogP contribution in [0.25, 0.3) is 0 Å². The molecule has 1 aromatic rings. The molecule has 0 aliphatic carbocycles. The Kier molecular flexibility index (Phi) is 5.04. The first-order valence-corrected chi connectivity index (χ1v) is 7.99. The molecule has 1 aliphatic rings. The largest absolute Gasteiger partial charge is 0.481 e. The third-order valence-electron chi connectivity index (χ3n) is 4.95. The van der Waals surface area contributed by atoms with Crippen molar-refractivity contribution >= 4 is 5.97 Å². The minimum Gasteiger partial charge on any atom is -0.481 e. The Morgan fingerprint density at radius 1 is 1.38 bits per heavy atom. The van der Waals surface area contributed by atoms with E-state index in [2.05, 4.69) is 43.9 Å². The predicted molar refractivity (Wildman–Crippen MR) is 85.4 cm³/mol. The van der Waals surface area contributed by atoms with E-state index in [1.54, 1.807) is 0 Å². The fourth-order valence-electron chi connectivity index (χ4n) is 3.55. The second kappa shape index (κ2) is 6.61. The minimum absolute atomic E-state index is 0.537.